The molecule has 0 aromatic heterocycles. The molecule has 0 unspecified atom stereocenters. The largest absolute Gasteiger partial charge is 0.355 e. The average molecular weight is 220 g/mol. The summed E-state index contributed by atoms with van der Waals surface area (Å²) in [5.74, 6) is -0.0411. The number of rotatable bonds is 1. The van der Waals surface area contributed by atoms with Crippen LogP contribution in [-0.4, -0.2) is 18.3 Å². The summed E-state index contributed by atoms with van der Waals surface area (Å²) in [4.78, 5) is 10.9. The lowest BCUT2D eigenvalue weighted by Gasteiger charge is -1.96. The van der Waals surface area contributed by atoms with Crippen LogP contribution in [0.3, 0.4) is 0 Å². The molecule has 13 heavy (non-hydrogen) atoms. The standard InChI is InChI=1S/C8H9NO.CH2Cl2/c1-9-8(10)7-5-3-2-4-6-7;2-1-3/h2-6H,1H3,(H,9,10);1H2. The van der Waals surface area contributed by atoms with Gasteiger partial charge in [0.05, 0.1) is 5.34 Å². The summed E-state index contributed by atoms with van der Waals surface area (Å²) in [5, 5.41) is 2.74. The molecule has 0 spiro atoms. The van der Waals surface area contributed by atoms with Crippen molar-refractivity contribution in [1.82, 2.24) is 5.32 Å². The molecule has 0 aliphatic carbocycles. The second-order valence-electron chi connectivity index (χ2n) is 2.05. The van der Waals surface area contributed by atoms with E-state index < -0.39 is 0 Å². The van der Waals surface area contributed by atoms with Gasteiger partial charge in [-0.25, -0.2) is 0 Å². The fourth-order valence-corrected chi connectivity index (χ4v) is 0.734. The van der Waals surface area contributed by atoms with E-state index in [0.29, 0.717) is 5.56 Å². The van der Waals surface area contributed by atoms with E-state index in [1.54, 1.807) is 19.2 Å². The number of carbonyl (C=O) groups excluding carboxylic acids is 1. The molecule has 1 amide bonds. The van der Waals surface area contributed by atoms with Crippen molar-refractivity contribution in [3.05, 3.63) is 35.9 Å². The first-order valence-electron chi connectivity index (χ1n) is 3.65. The van der Waals surface area contributed by atoms with Gasteiger partial charge in [-0.2, -0.15) is 0 Å². The second-order valence-corrected chi connectivity index (χ2v) is 2.85. The average Bonchev–Trinajstić information content (AvgIpc) is 2.19. The van der Waals surface area contributed by atoms with Gasteiger partial charge in [0.25, 0.3) is 5.91 Å². The predicted octanol–water partition coefficient (Wildman–Crippen LogP) is 2.47. The zero-order valence-corrected chi connectivity index (χ0v) is 8.77. The van der Waals surface area contributed by atoms with Gasteiger partial charge in [0, 0.05) is 12.6 Å². The number of carbonyl (C=O) groups is 1. The Labute approximate surface area is 87.8 Å². The Morgan fingerprint density at radius 1 is 1.31 bits per heavy atom. The van der Waals surface area contributed by atoms with E-state index in [1.807, 2.05) is 18.2 Å². The molecule has 0 aliphatic heterocycles. The zero-order valence-electron chi connectivity index (χ0n) is 7.26. The lowest BCUT2D eigenvalue weighted by molar-refractivity contribution is 0.0963. The Hall–Kier alpha value is -0.730. The quantitative estimate of drug-likeness (QED) is 0.723. The highest BCUT2D eigenvalue weighted by atomic mass is 35.5. The van der Waals surface area contributed by atoms with Crippen molar-refractivity contribution in [1.29, 1.82) is 0 Å². The van der Waals surface area contributed by atoms with Crippen LogP contribution < -0.4 is 5.32 Å². The van der Waals surface area contributed by atoms with Gasteiger partial charge in [-0.1, -0.05) is 18.2 Å². The van der Waals surface area contributed by atoms with Crippen LogP contribution in [-0.2, 0) is 0 Å². The predicted molar refractivity (Wildman–Crippen MR) is 56.4 cm³/mol. The van der Waals surface area contributed by atoms with E-state index in [0.717, 1.165) is 0 Å². The highest BCUT2D eigenvalue weighted by Gasteiger charge is 1.97. The summed E-state index contributed by atoms with van der Waals surface area (Å²) in [6, 6.07) is 9.11. The Balaban J connectivity index is 0.000000424. The van der Waals surface area contributed by atoms with Crippen LogP contribution in [0.4, 0.5) is 0 Å². The minimum Gasteiger partial charge on any atom is -0.355 e. The van der Waals surface area contributed by atoms with Gasteiger partial charge in [0.1, 0.15) is 0 Å². The summed E-state index contributed by atoms with van der Waals surface area (Å²) in [5.41, 5.74) is 0.699. The van der Waals surface area contributed by atoms with Crippen LogP contribution in [0.2, 0.25) is 0 Å². The number of nitrogens with one attached hydrogen (secondary N) is 1. The summed E-state index contributed by atoms with van der Waals surface area (Å²) in [6.07, 6.45) is 0. The summed E-state index contributed by atoms with van der Waals surface area (Å²) < 4.78 is 0. The number of amides is 1. The number of halogens is 2. The lowest BCUT2D eigenvalue weighted by Crippen LogP contribution is -2.17. The van der Waals surface area contributed by atoms with Crippen molar-refractivity contribution in [2.45, 2.75) is 0 Å². The van der Waals surface area contributed by atoms with E-state index in [2.05, 4.69) is 5.32 Å². The maximum Gasteiger partial charge on any atom is 0.251 e. The second kappa shape index (κ2) is 7.90. The van der Waals surface area contributed by atoms with Gasteiger partial charge in [0.15, 0.2) is 0 Å². The van der Waals surface area contributed by atoms with E-state index in [4.69, 9.17) is 23.2 Å². The van der Waals surface area contributed by atoms with Crippen molar-refractivity contribution < 1.29 is 4.79 Å². The molecule has 0 saturated heterocycles. The Morgan fingerprint density at radius 3 is 2.15 bits per heavy atom. The minimum absolute atomic E-state index is 0.0411. The van der Waals surface area contributed by atoms with Gasteiger partial charge < -0.3 is 5.32 Å². The summed E-state index contributed by atoms with van der Waals surface area (Å²) >= 11 is 9.53. The molecule has 4 heteroatoms. The third kappa shape index (κ3) is 5.50. The molecule has 1 N–H and O–H groups in total. The third-order valence-corrected chi connectivity index (χ3v) is 1.26. The van der Waals surface area contributed by atoms with E-state index >= 15 is 0 Å². The van der Waals surface area contributed by atoms with Crippen LogP contribution >= 0.6 is 23.2 Å². The number of hydrogen-bond acceptors (Lipinski definition) is 1. The summed E-state index contributed by atoms with van der Waals surface area (Å²) in [7, 11) is 1.62. The maximum absolute atomic E-state index is 10.9. The molecule has 0 heterocycles. The molecule has 1 rings (SSSR count). The molecule has 0 radical (unpaired) electrons. The van der Waals surface area contributed by atoms with E-state index in [-0.39, 0.29) is 11.2 Å². The van der Waals surface area contributed by atoms with Crippen LogP contribution in [0.1, 0.15) is 10.4 Å². The number of benzene rings is 1. The first kappa shape index (κ1) is 12.3. The highest BCUT2D eigenvalue weighted by Crippen LogP contribution is 1.96. The first-order chi connectivity index (χ1) is 6.26. The molecule has 0 aliphatic rings. The number of alkyl halides is 2. The molecule has 2 nitrogen and oxygen atoms in total. The van der Waals surface area contributed by atoms with Crippen molar-refractivity contribution in [2.75, 3.05) is 12.4 Å². The van der Waals surface area contributed by atoms with Gasteiger partial charge >= 0.3 is 0 Å². The first-order valence-corrected chi connectivity index (χ1v) is 4.72. The third-order valence-electron chi connectivity index (χ3n) is 1.26. The monoisotopic (exact) mass is 219 g/mol. The van der Waals surface area contributed by atoms with Crippen molar-refractivity contribution in [3.63, 3.8) is 0 Å². The van der Waals surface area contributed by atoms with Crippen LogP contribution in [0, 0.1) is 0 Å². The van der Waals surface area contributed by atoms with Gasteiger partial charge in [-0.05, 0) is 12.1 Å². The molecule has 72 valence electrons. The fourth-order valence-electron chi connectivity index (χ4n) is 0.734. The van der Waals surface area contributed by atoms with Crippen LogP contribution in [0.25, 0.3) is 0 Å². The molecular weight excluding hydrogens is 209 g/mol. The van der Waals surface area contributed by atoms with Gasteiger partial charge in [-0.3, -0.25) is 4.79 Å². The molecule has 0 bridgehead atoms. The Kier molecular flexibility index (Phi) is 7.45. The van der Waals surface area contributed by atoms with Crippen molar-refractivity contribution in [2.24, 2.45) is 0 Å². The fraction of sp³-hybridized carbons (Fsp3) is 0.222. The molecule has 1 aromatic carbocycles. The van der Waals surface area contributed by atoms with E-state index in [9.17, 15) is 4.79 Å². The van der Waals surface area contributed by atoms with Crippen LogP contribution in [0.5, 0.6) is 0 Å². The highest BCUT2D eigenvalue weighted by molar-refractivity contribution is 6.40. The van der Waals surface area contributed by atoms with Gasteiger partial charge in [0.2, 0.25) is 0 Å². The number of hydrogen-bond donors (Lipinski definition) is 1. The molecule has 0 fully saturated rings. The smallest absolute Gasteiger partial charge is 0.251 e. The van der Waals surface area contributed by atoms with E-state index in [1.165, 1.54) is 0 Å². The molecule has 0 atom stereocenters. The van der Waals surface area contributed by atoms with Crippen molar-refractivity contribution in [3.8, 4) is 0 Å². The lowest BCUT2D eigenvalue weighted by atomic mass is 10.2. The summed E-state index contributed by atoms with van der Waals surface area (Å²) in [6.45, 7) is 0. The Morgan fingerprint density at radius 2 is 1.77 bits per heavy atom. The van der Waals surface area contributed by atoms with Crippen molar-refractivity contribution >= 4 is 29.1 Å². The minimum atomic E-state index is -0.0411. The normalized spacial score (nSPS) is 8.23. The molecular formula is C9H11Cl2NO. The zero-order chi connectivity index (χ0) is 10.1. The maximum atomic E-state index is 10.9. The van der Waals surface area contributed by atoms with Crippen LogP contribution in [0.15, 0.2) is 30.3 Å². The SMILES string of the molecule is CNC(=O)c1ccccc1.ClCCl. The molecule has 0 saturated carbocycles. The Bertz CT molecular complexity index is 239. The topological polar surface area (TPSA) is 29.1 Å². The van der Waals surface area contributed by atoms with Gasteiger partial charge in [-0.15, -0.1) is 23.2 Å². The molecule has 1 aromatic rings.